The van der Waals surface area contributed by atoms with E-state index in [0.29, 0.717) is 27.9 Å². The van der Waals surface area contributed by atoms with Crippen LogP contribution in [0.2, 0.25) is 0 Å². The number of aromatic amines is 1. The van der Waals surface area contributed by atoms with Crippen LogP contribution in [0.3, 0.4) is 0 Å². The largest absolute Gasteiger partial charge is 0.490 e. The van der Waals surface area contributed by atoms with Gasteiger partial charge in [-0.3, -0.25) is 14.4 Å². The number of hydrogen-bond acceptors (Lipinski definition) is 5. The molecule has 0 bridgehead atoms. The van der Waals surface area contributed by atoms with E-state index in [1.165, 1.54) is 29.2 Å². The number of aromatic nitrogens is 2. The summed E-state index contributed by atoms with van der Waals surface area (Å²) in [5.74, 6) is -4.84. The van der Waals surface area contributed by atoms with Gasteiger partial charge in [0.05, 0.1) is 11.3 Å². The molecule has 2 amide bonds. The molecule has 3 aromatic rings. The fourth-order valence-corrected chi connectivity index (χ4v) is 4.32. The summed E-state index contributed by atoms with van der Waals surface area (Å²) in [5, 5.41) is 13.6. The first-order chi connectivity index (χ1) is 20.1. The molecule has 15 heteroatoms. The summed E-state index contributed by atoms with van der Waals surface area (Å²) >= 11 is 0. The third kappa shape index (κ3) is 7.99. The summed E-state index contributed by atoms with van der Waals surface area (Å²) in [6.45, 7) is 2.89. The van der Waals surface area contributed by atoms with Crippen LogP contribution in [-0.2, 0) is 16.0 Å². The molecule has 43 heavy (non-hydrogen) atoms. The van der Waals surface area contributed by atoms with E-state index in [1.54, 1.807) is 32.0 Å². The van der Waals surface area contributed by atoms with Gasteiger partial charge in [0.25, 0.3) is 17.9 Å². The Morgan fingerprint density at radius 3 is 2.21 bits per heavy atom. The third-order valence-electron chi connectivity index (χ3n) is 6.76. The van der Waals surface area contributed by atoms with Gasteiger partial charge in [-0.2, -0.15) is 18.3 Å². The van der Waals surface area contributed by atoms with Gasteiger partial charge < -0.3 is 14.9 Å². The molecule has 1 aromatic heterocycles. The highest BCUT2D eigenvalue weighted by atomic mass is 19.4. The predicted molar refractivity (Wildman–Crippen MR) is 140 cm³/mol. The van der Waals surface area contributed by atoms with Gasteiger partial charge >= 0.3 is 12.1 Å². The Hall–Kier alpha value is -4.69. The molecule has 9 nitrogen and oxygen atoms in total. The summed E-state index contributed by atoms with van der Waals surface area (Å²) < 4.78 is 74.1. The van der Waals surface area contributed by atoms with Crippen LogP contribution in [0.1, 0.15) is 44.3 Å². The van der Waals surface area contributed by atoms with Crippen LogP contribution in [0.15, 0.2) is 53.3 Å². The van der Waals surface area contributed by atoms with Gasteiger partial charge in [-0.05, 0) is 42.7 Å². The molecule has 0 radical (unpaired) electrons. The number of alkyl halides is 5. The van der Waals surface area contributed by atoms with Crippen LogP contribution in [0, 0.1) is 19.7 Å². The van der Waals surface area contributed by atoms with Gasteiger partial charge in [-0.25, -0.2) is 23.1 Å². The molecule has 0 unspecified atom stereocenters. The molecule has 0 aliphatic carbocycles. The number of amides is 2. The molecule has 0 saturated carbocycles. The number of piperazine rings is 1. The Kier molecular flexibility index (Phi) is 10.3. The highest BCUT2D eigenvalue weighted by molar-refractivity contribution is 5.97. The second-order valence-corrected chi connectivity index (χ2v) is 9.55. The van der Waals surface area contributed by atoms with Gasteiger partial charge in [0.2, 0.25) is 5.91 Å². The number of carbonyl (C=O) groups is 3. The number of carboxylic acids is 1. The van der Waals surface area contributed by atoms with Crippen LogP contribution in [-0.4, -0.2) is 75.1 Å². The monoisotopic (exact) mass is 612 g/mol. The summed E-state index contributed by atoms with van der Waals surface area (Å²) in [6.07, 6.45) is -7.63. The van der Waals surface area contributed by atoms with Crippen molar-refractivity contribution in [2.45, 2.75) is 38.9 Å². The predicted octanol–water partition coefficient (Wildman–Crippen LogP) is 4.04. The second-order valence-electron chi connectivity index (χ2n) is 9.55. The normalized spacial score (nSPS) is 14.3. The number of H-pyrrole nitrogens is 1. The Labute approximate surface area is 240 Å². The smallest absolute Gasteiger partial charge is 0.475 e. The quantitative estimate of drug-likeness (QED) is 0.405. The van der Waals surface area contributed by atoms with Gasteiger partial charge in [0.1, 0.15) is 18.4 Å². The molecule has 2 N–H and O–H groups in total. The van der Waals surface area contributed by atoms with Crippen molar-refractivity contribution in [2.75, 3.05) is 19.6 Å². The number of carbonyl (C=O) groups excluding carboxylic acids is 2. The van der Waals surface area contributed by atoms with Crippen LogP contribution >= 0.6 is 0 Å². The first-order valence-electron chi connectivity index (χ1n) is 12.7. The number of halogens is 6. The molecular weight excluding hydrogens is 586 g/mol. The van der Waals surface area contributed by atoms with E-state index < -0.39 is 48.8 Å². The molecule has 1 atom stereocenters. The standard InChI is InChI=1S/C26H25F3N4O3.C2HF3O2/c1-15-16(2)25(35)31-30-21(15)13-17-8-9-20(27)19(12-17)26(36)32-10-11-33(22(34)14-32)23(24(28)29)18-6-4-3-5-7-18;3-2(4,5)1(6)7/h3-9,12,23-24H,10-11,13-14H2,1-2H3,(H,31,35);(H,6,7)/t23-;/m0./s1. The minimum absolute atomic E-state index is 0.00985. The number of hydrogen-bond donors (Lipinski definition) is 2. The van der Waals surface area contributed by atoms with Crippen LogP contribution < -0.4 is 5.56 Å². The fourth-order valence-electron chi connectivity index (χ4n) is 4.32. The van der Waals surface area contributed by atoms with Crippen LogP contribution in [0.5, 0.6) is 0 Å². The molecule has 1 aliphatic rings. The van der Waals surface area contributed by atoms with Gasteiger partial charge in [-0.1, -0.05) is 36.4 Å². The highest BCUT2D eigenvalue weighted by Gasteiger charge is 2.39. The van der Waals surface area contributed by atoms with E-state index in [1.807, 2.05) is 0 Å². The molecular formula is C28H26F6N4O5. The maximum Gasteiger partial charge on any atom is 0.490 e. The zero-order valence-electron chi connectivity index (χ0n) is 22.8. The average Bonchev–Trinajstić information content (AvgIpc) is 2.95. The molecule has 4 rings (SSSR count). The Bertz CT molecular complexity index is 1540. The third-order valence-corrected chi connectivity index (χ3v) is 6.76. The van der Waals surface area contributed by atoms with E-state index >= 15 is 0 Å². The van der Waals surface area contributed by atoms with E-state index in [0.717, 1.165) is 11.0 Å². The minimum Gasteiger partial charge on any atom is -0.475 e. The van der Waals surface area contributed by atoms with E-state index in [4.69, 9.17) is 9.90 Å². The van der Waals surface area contributed by atoms with Crippen molar-refractivity contribution in [3.63, 3.8) is 0 Å². The number of benzene rings is 2. The van der Waals surface area contributed by atoms with Crippen molar-refractivity contribution in [3.8, 4) is 0 Å². The maximum absolute atomic E-state index is 14.6. The first-order valence-corrected chi connectivity index (χ1v) is 12.7. The number of aliphatic carboxylic acids is 1. The maximum atomic E-state index is 14.6. The van der Waals surface area contributed by atoms with Gasteiger partial charge in [0, 0.05) is 25.1 Å². The first kappa shape index (κ1) is 32.8. The van der Waals surface area contributed by atoms with Crippen LogP contribution in [0.4, 0.5) is 26.3 Å². The lowest BCUT2D eigenvalue weighted by atomic mass is 10.0. The van der Waals surface area contributed by atoms with Crippen molar-refractivity contribution in [2.24, 2.45) is 0 Å². The zero-order valence-corrected chi connectivity index (χ0v) is 22.8. The Morgan fingerprint density at radius 2 is 1.65 bits per heavy atom. The average molecular weight is 613 g/mol. The lowest BCUT2D eigenvalue weighted by Gasteiger charge is -2.39. The number of carboxylic acid groups (broad SMARTS) is 1. The lowest BCUT2D eigenvalue weighted by Crippen LogP contribution is -2.54. The molecule has 1 aliphatic heterocycles. The summed E-state index contributed by atoms with van der Waals surface area (Å²) in [4.78, 5) is 48.8. The highest BCUT2D eigenvalue weighted by Crippen LogP contribution is 2.29. The van der Waals surface area contributed by atoms with E-state index in [-0.39, 0.29) is 30.6 Å². The lowest BCUT2D eigenvalue weighted by molar-refractivity contribution is -0.192. The molecule has 1 fully saturated rings. The van der Waals surface area contributed by atoms with Crippen molar-refractivity contribution < 1.29 is 45.8 Å². The Morgan fingerprint density at radius 1 is 1.02 bits per heavy atom. The SMILES string of the molecule is Cc1c(Cc2ccc(F)c(C(=O)N3CCN([C@@H](c4ccccc4)C(F)F)C(=O)C3)c2)n[nH]c(=O)c1C.O=C(O)C(F)(F)F. The fraction of sp³-hybridized carbons (Fsp3) is 0.321. The summed E-state index contributed by atoms with van der Waals surface area (Å²) in [6, 6.07) is 10.6. The molecule has 1 saturated heterocycles. The number of nitrogens with one attached hydrogen (secondary N) is 1. The van der Waals surface area contributed by atoms with E-state index in [2.05, 4.69) is 10.2 Å². The summed E-state index contributed by atoms with van der Waals surface area (Å²) in [5.41, 5.74) is 2.18. The molecule has 2 aromatic carbocycles. The van der Waals surface area contributed by atoms with Crippen molar-refractivity contribution in [1.29, 1.82) is 0 Å². The molecule has 0 spiro atoms. The van der Waals surface area contributed by atoms with Crippen LogP contribution in [0.25, 0.3) is 0 Å². The zero-order chi connectivity index (χ0) is 32.1. The minimum atomic E-state index is -5.08. The van der Waals surface area contributed by atoms with Crippen molar-refractivity contribution >= 4 is 17.8 Å². The van der Waals surface area contributed by atoms with Crippen molar-refractivity contribution in [3.05, 3.63) is 98.2 Å². The second kappa shape index (κ2) is 13.5. The number of rotatable bonds is 6. The van der Waals surface area contributed by atoms with Gasteiger partial charge in [-0.15, -0.1) is 0 Å². The number of nitrogens with zero attached hydrogens (tertiary/aromatic N) is 3. The molecule has 230 valence electrons. The van der Waals surface area contributed by atoms with E-state index in [9.17, 15) is 40.7 Å². The van der Waals surface area contributed by atoms with Gasteiger partial charge in [0.15, 0.2) is 0 Å². The summed E-state index contributed by atoms with van der Waals surface area (Å²) in [7, 11) is 0. The topological polar surface area (TPSA) is 124 Å². The van der Waals surface area contributed by atoms with Crippen molar-refractivity contribution in [1.82, 2.24) is 20.0 Å². The molecule has 2 heterocycles. The Balaban J connectivity index is 0.000000646.